The second kappa shape index (κ2) is 11.1. The molecule has 0 saturated carbocycles. The van der Waals surface area contributed by atoms with E-state index in [1.54, 1.807) is 0 Å². The van der Waals surface area contributed by atoms with Gasteiger partial charge in [0.1, 0.15) is 12.6 Å². The number of hydrogen-bond donors (Lipinski definition) is 1. The van der Waals surface area contributed by atoms with E-state index >= 15 is 0 Å². The normalized spacial score (nSPS) is 20.0. The summed E-state index contributed by atoms with van der Waals surface area (Å²) >= 11 is 0. The van der Waals surface area contributed by atoms with Gasteiger partial charge >= 0.3 is 6.09 Å². The van der Waals surface area contributed by atoms with Crippen LogP contribution in [-0.4, -0.2) is 55.5 Å². The van der Waals surface area contributed by atoms with Crippen LogP contribution >= 0.6 is 0 Å². The summed E-state index contributed by atoms with van der Waals surface area (Å²) < 4.78 is 16.7. The minimum absolute atomic E-state index is 0.104. The molecule has 2 amide bonds. The van der Waals surface area contributed by atoms with E-state index in [4.69, 9.17) is 14.2 Å². The third kappa shape index (κ3) is 6.08. The maximum atomic E-state index is 13.4. The molecule has 7 nitrogen and oxygen atoms in total. The summed E-state index contributed by atoms with van der Waals surface area (Å²) in [5.74, 6) is 0.0471. The molecule has 2 atom stereocenters. The molecule has 2 aliphatic rings. The van der Waals surface area contributed by atoms with Gasteiger partial charge in [0.05, 0.1) is 13.2 Å². The highest BCUT2D eigenvalue weighted by Crippen LogP contribution is 2.25. The molecule has 2 aliphatic heterocycles. The standard InChI is InChI=1S/C25H30N2O5/c28-23(27-13-7-12-21(17-27)24-30-14-15-31-24)22(16-19-8-3-1-4-9-19)26-25(29)32-18-20-10-5-2-6-11-20/h1-6,8-11,21-22,24H,7,12-18H2,(H,26,29)/t21?,22-/m0/s1. The third-order valence-electron chi connectivity index (χ3n) is 5.89. The van der Waals surface area contributed by atoms with Crippen molar-refractivity contribution in [2.75, 3.05) is 26.3 Å². The van der Waals surface area contributed by atoms with Crippen molar-refractivity contribution >= 4 is 12.0 Å². The van der Waals surface area contributed by atoms with Gasteiger partial charge in [0, 0.05) is 25.4 Å². The van der Waals surface area contributed by atoms with Crippen molar-refractivity contribution in [3.8, 4) is 0 Å². The summed E-state index contributed by atoms with van der Waals surface area (Å²) in [5, 5.41) is 2.80. The van der Waals surface area contributed by atoms with Crippen LogP contribution in [0.3, 0.4) is 0 Å². The van der Waals surface area contributed by atoms with E-state index in [1.165, 1.54) is 0 Å². The molecule has 32 heavy (non-hydrogen) atoms. The molecule has 7 heteroatoms. The van der Waals surface area contributed by atoms with Crippen molar-refractivity contribution in [2.24, 2.45) is 5.92 Å². The van der Waals surface area contributed by atoms with E-state index in [2.05, 4.69) is 5.32 Å². The van der Waals surface area contributed by atoms with Gasteiger partial charge in [-0.3, -0.25) is 4.79 Å². The minimum Gasteiger partial charge on any atom is -0.445 e. The number of ether oxygens (including phenoxy) is 3. The molecule has 2 saturated heterocycles. The molecular weight excluding hydrogens is 408 g/mol. The molecule has 2 aromatic carbocycles. The molecule has 0 radical (unpaired) electrons. The van der Waals surface area contributed by atoms with E-state index in [0.717, 1.165) is 24.0 Å². The number of rotatable bonds is 7. The maximum Gasteiger partial charge on any atom is 0.408 e. The predicted molar refractivity (Wildman–Crippen MR) is 119 cm³/mol. The monoisotopic (exact) mass is 438 g/mol. The van der Waals surface area contributed by atoms with Gasteiger partial charge < -0.3 is 24.4 Å². The largest absolute Gasteiger partial charge is 0.445 e. The first-order valence-electron chi connectivity index (χ1n) is 11.2. The van der Waals surface area contributed by atoms with E-state index < -0.39 is 12.1 Å². The molecule has 2 fully saturated rings. The second-order valence-electron chi connectivity index (χ2n) is 8.24. The third-order valence-corrected chi connectivity index (χ3v) is 5.89. The number of hydrogen-bond acceptors (Lipinski definition) is 5. The zero-order chi connectivity index (χ0) is 22.2. The predicted octanol–water partition coefficient (Wildman–Crippen LogP) is 3.14. The molecule has 1 unspecified atom stereocenters. The van der Waals surface area contributed by atoms with Crippen LogP contribution in [0.5, 0.6) is 0 Å². The van der Waals surface area contributed by atoms with Crippen LogP contribution in [0.15, 0.2) is 60.7 Å². The molecule has 0 spiro atoms. The van der Waals surface area contributed by atoms with E-state index in [9.17, 15) is 9.59 Å². The maximum absolute atomic E-state index is 13.4. The Balaban J connectivity index is 1.40. The molecule has 1 N–H and O–H groups in total. The van der Waals surface area contributed by atoms with E-state index in [1.807, 2.05) is 65.6 Å². The first kappa shape index (κ1) is 22.3. The zero-order valence-corrected chi connectivity index (χ0v) is 18.2. The lowest BCUT2D eigenvalue weighted by atomic mass is 9.96. The molecule has 4 rings (SSSR count). The Morgan fingerprint density at radius 1 is 1.00 bits per heavy atom. The number of carbonyl (C=O) groups excluding carboxylic acids is 2. The first-order chi connectivity index (χ1) is 15.7. The second-order valence-corrected chi connectivity index (χ2v) is 8.24. The van der Waals surface area contributed by atoms with E-state index in [0.29, 0.717) is 32.7 Å². The van der Waals surface area contributed by atoms with Gasteiger partial charge in [-0.25, -0.2) is 4.79 Å². The summed E-state index contributed by atoms with van der Waals surface area (Å²) in [6.45, 7) is 2.58. The topological polar surface area (TPSA) is 77.1 Å². The van der Waals surface area contributed by atoms with Gasteiger partial charge in [-0.1, -0.05) is 60.7 Å². The zero-order valence-electron chi connectivity index (χ0n) is 18.2. The molecule has 0 bridgehead atoms. The number of piperidine rings is 1. The lowest BCUT2D eigenvalue weighted by Gasteiger charge is -2.36. The summed E-state index contributed by atoms with van der Waals surface area (Å²) in [4.78, 5) is 27.8. The van der Waals surface area contributed by atoms with Crippen molar-refractivity contribution < 1.29 is 23.8 Å². The average Bonchev–Trinajstić information content (AvgIpc) is 3.38. The Bertz CT molecular complexity index is 870. The van der Waals surface area contributed by atoms with Gasteiger partial charge in [0.2, 0.25) is 5.91 Å². The highest BCUT2D eigenvalue weighted by atomic mass is 16.7. The lowest BCUT2D eigenvalue weighted by Crippen LogP contribution is -2.53. The number of carbonyl (C=O) groups is 2. The van der Waals surface area contributed by atoms with Crippen LogP contribution in [0.1, 0.15) is 24.0 Å². The van der Waals surface area contributed by atoms with Crippen LogP contribution in [0.25, 0.3) is 0 Å². The van der Waals surface area contributed by atoms with E-state index in [-0.39, 0.29) is 24.7 Å². The lowest BCUT2D eigenvalue weighted by molar-refractivity contribution is -0.141. The van der Waals surface area contributed by atoms with Gasteiger partial charge in [-0.15, -0.1) is 0 Å². The number of nitrogens with one attached hydrogen (secondary N) is 1. The molecule has 0 aromatic heterocycles. The fraction of sp³-hybridized carbons (Fsp3) is 0.440. The quantitative estimate of drug-likeness (QED) is 0.719. The summed E-state index contributed by atoms with van der Waals surface area (Å²) in [6.07, 6.45) is 1.40. The highest BCUT2D eigenvalue weighted by Gasteiger charge is 2.35. The fourth-order valence-corrected chi connectivity index (χ4v) is 4.26. The SMILES string of the molecule is O=C(N[C@@H](Cc1ccccc1)C(=O)N1CCCC(C2OCCO2)C1)OCc1ccccc1. The van der Waals surface area contributed by atoms with Crippen LogP contribution in [0, 0.1) is 5.92 Å². The molecule has 170 valence electrons. The van der Waals surface area contributed by atoms with Crippen LogP contribution in [0.4, 0.5) is 4.79 Å². The Kier molecular flexibility index (Phi) is 7.74. The van der Waals surface area contributed by atoms with Gasteiger partial charge in [-0.05, 0) is 24.0 Å². The van der Waals surface area contributed by atoms with Crippen molar-refractivity contribution in [3.63, 3.8) is 0 Å². The number of benzene rings is 2. The Labute approximate surface area is 188 Å². The summed E-state index contributed by atoms with van der Waals surface area (Å²) in [5.41, 5.74) is 1.87. The van der Waals surface area contributed by atoms with Crippen LogP contribution in [-0.2, 0) is 32.0 Å². The molecular formula is C25H30N2O5. The minimum atomic E-state index is -0.704. The smallest absolute Gasteiger partial charge is 0.408 e. The number of likely N-dealkylation sites (tertiary alicyclic amines) is 1. The number of alkyl carbamates (subject to hydrolysis) is 1. The Morgan fingerprint density at radius 2 is 1.66 bits per heavy atom. The average molecular weight is 439 g/mol. The van der Waals surface area contributed by atoms with Crippen molar-refractivity contribution in [1.82, 2.24) is 10.2 Å². The van der Waals surface area contributed by atoms with Crippen molar-refractivity contribution in [2.45, 2.75) is 38.2 Å². The number of amides is 2. The molecule has 2 aromatic rings. The first-order valence-corrected chi connectivity index (χ1v) is 11.2. The van der Waals surface area contributed by atoms with Gasteiger partial charge in [-0.2, -0.15) is 0 Å². The van der Waals surface area contributed by atoms with Gasteiger partial charge in [0.25, 0.3) is 0 Å². The Hall–Kier alpha value is -2.90. The summed E-state index contributed by atoms with van der Waals surface area (Å²) in [6, 6.07) is 18.5. The fourth-order valence-electron chi connectivity index (χ4n) is 4.26. The van der Waals surface area contributed by atoms with Gasteiger partial charge in [0.15, 0.2) is 6.29 Å². The van der Waals surface area contributed by atoms with Crippen molar-refractivity contribution in [1.29, 1.82) is 0 Å². The highest BCUT2D eigenvalue weighted by molar-refractivity contribution is 5.86. The number of nitrogens with zero attached hydrogens (tertiary/aromatic N) is 1. The van der Waals surface area contributed by atoms with Crippen molar-refractivity contribution in [3.05, 3.63) is 71.8 Å². The summed E-state index contributed by atoms with van der Waals surface area (Å²) in [7, 11) is 0. The van der Waals surface area contributed by atoms with Crippen LogP contribution in [0.2, 0.25) is 0 Å². The molecule has 2 heterocycles. The Morgan fingerprint density at radius 3 is 2.34 bits per heavy atom. The van der Waals surface area contributed by atoms with Crippen LogP contribution < -0.4 is 5.32 Å². The molecule has 0 aliphatic carbocycles.